The lowest BCUT2D eigenvalue weighted by atomic mass is 10.1. The molecule has 0 saturated heterocycles. The predicted molar refractivity (Wildman–Crippen MR) is 82.9 cm³/mol. The van der Waals surface area contributed by atoms with Crippen LogP contribution in [0.15, 0.2) is 18.2 Å². The summed E-state index contributed by atoms with van der Waals surface area (Å²) in [6.45, 7) is 3.07. The van der Waals surface area contributed by atoms with Crippen molar-refractivity contribution >= 4 is 32.6 Å². The molecule has 1 fully saturated rings. The minimum atomic E-state index is -0.00146. The minimum absolute atomic E-state index is 0.00146. The molecule has 3 rings (SSSR count). The van der Waals surface area contributed by atoms with Crippen LogP contribution >= 0.6 is 11.3 Å². The number of nitrogen functional groups attached to an aromatic ring is 1. The summed E-state index contributed by atoms with van der Waals surface area (Å²) in [7, 11) is 0. The van der Waals surface area contributed by atoms with E-state index in [2.05, 4.69) is 17.2 Å². The number of aromatic nitrogens is 1. The van der Waals surface area contributed by atoms with Gasteiger partial charge in [0.25, 0.3) is 5.91 Å². The van der Waals surface area contributed by atoms with Gasteiger partial charge in [-0.15, -0.1) is 0 Å². The quantitative estimate of drug-likeness (QED) is 0.912. The standard InChI is InChI=1S/C15H19N3OS/c1-9-2-3-10(6-9)8-17-14(19)11-4-5-12-13(7-11)20-15(16)18-12/h4-5,7,9-10H,2-3,6,8H2,1H3,(H2,16,18)(H,17,19). The molecule has 1 aliphatic rings. The SMILES string of the molecule is CC1CCC(CNC(=O)c2ccc3nc(N)sc3c2)C1. The first-order chi connectivity index (χ1) is 9.61. The Labute approximate surface area is 122 Å². The van der Waals surface area contributed by atoms with E-state index in [0.717, 1.165) is 22.7 Å². The molecule has 4 nitrogen and oxygen atoms in total. The molecule has 1 heterocycles. The Morgan fingerprint density at radius 1 is 1.50 bits per heavy atom. The van der Waals surface area contributed by atoms with Gasteiger partial charge >= 0.3 is 0 Å². The third-order valence-electron chi connectivity index (χ3n) is 4.02. The van der Waals surface area contributed by atoms with Crippen molar-refractivity contribution < 1.29 is 4.79 Å². The van der Waals surface area contributed by atoms with Crippen LogP contribution in [0.2, 0.25) is 0 Å². The van der Waals surface area contributed by atoms with Crippen molar-refractivity contribution in [3.8, 4) is 0 Å². The molecule has 2 aromatic rings. The molecule has 3 N–H and O–H groups in total. The Hall–Kier alpha value is -1.62. The van der Waals surface area contributed by atoms with Gasteiger partial charge < -0.3 is 11.1 Å². The summed E-state index contributed by atoms with van der Waals surface area (Å²) in [5.41, 5.74) is 7.22. The maximum absolute atomic E-state index is 12.2. The number of nitrogens with zero attached hydrogens (tertiary/aromatic N) is 1. The molecule has 106 valence electrons. The van der Waals surface area contributed by atoms with E-state index in [1.807, 2.05) is 18.2 Å². The summed E-state index contributed by atoms with van der Waals surface area (Å²) >= 11 is 1.41. The fourth-order valence-corrected chi connectivity index (χ4v) is 3.71. The second-order valence-electron chi connectivity index (χ2n) is 5.73. The van der Waals surface area contributed by atoms with Crippen molar-refractivity contribution in [1.29, 1.82) is 0 Å². The van der Waals surface area contributed by atoms with Crippen LogP contribution in [0.1, 0.15) is 36.5 Å². The van der Waals surface area contributed by atoms with Crippen LogP contribution in [0, 0.1) is 11.8 Å². The molecule has 1 saturated carbocycles. The number of carbonyl (C=O) groups is 1. The molecule has 0 spiro atoms. The molecule has 20 heavy (non-hydrogen) atoms. The fraction of sp³-hybridized carbons (Fsp3) is 0.467. The third-order valence-corrected chi connectivity index (χ3v) is 4.87. The smallest absolute Gasteiger partial charge is 0.251 e. The maximum Gasteiger partial charge on any atom is 0.251 e. The van der Waals surface area contributed by atoms with Crippen molar-refractivity contribution in [3.63, 3.8) is 0 Å². The number of rotatable bonds is 3. The number of anilines is 1. The third kappa shape index (κ3) is 2.77. The van der Waals surface area contributed by atoms with E-state index in [-0.39, 0.29) is 5.91 Å². The van der Waals surface area contributed by atoms with Crippen LogP contribution in [0.3, 0.4) is 0 Å². The van der Waals surface area contributed by atoms with Gasteiger partial charge in [0, 0.05) is 12.1 Å². The van der Waals surface area contributed by atoms with Gasteiger partial charge in [-0.1, -0.05) is 24.7 Å². The van der Waals surface area contributed by atoms with Gasteiger partial charge in [0.2, 0.25) is 0 Å². The molecule has 2 unspecified atom stereocenters. The molecule has 0 aliphatic heterocycles. The van der Waals surface area contributed by atoms with Crippen molar-refractivity contribution in [1.82, 2.24) is 10.3 Å². The minimum Gasteiger partial charge on any atom is -0.375 e. The lowest BCUT2D eigenvalue weighted by Crippen LogP contribution is -2.28. The molecule has 2 atom stereocenters. The fourth-order valence-electron chi connectivity index (χ4n) is 2.93. The van der Waals surface area contributed by atoms with Gasteiger partial charge in [-0.05, 0) is 42.9 Å². The molecule has 0 bridgehead atoms. The predicted octanol–water partition coefficient (Wildman–Crippen LogP) is 3.04. The number of thiazole rings is 1. The van der Waals surface area contributed by atoms with E-state index >= 15 is 0 Å². The average molecular weight is 289 g/mol. The highest BCUT2D eigenvalue weighted by Crippen LogP contribution is 2.29. The van der Waals surface area contributed by atoms with E-state index < -0.39 is 0 Å². The van der Waals surface area contributed by atoms with Crippen LogP contribution in [-0.2, 0) is 0 Å². The van der Waals surface area contributed by atoms with E-state index in [1.54, 1.807) is 0 Å². The highest BCUT2D eigenvalue weighted by atomic mass is 32.1. The van der Waals surface area contributed by atoms with Crippen LogP contribution in [-0.4, -0.2) is 17.4 Å². The van der Waals surface area contributed by atoms with Crippen LogP contribution in [0.25, 0.3) is 10.2 Å². The highest BCUT2D eigenvalue weighted by Gasteiger charge is 2.21. The maximum atomic E-state index is 12.2. The number of benzene rings is 1. The second kappa shape index (κ2) is 5.40. The lowest BCUT2D eigenvalue weighted by Gasteiger charge is -2.11. The molecule has 1 aromatic heterocycles. The van der Waals surface area contributed by atoms with Gasteiger partial charge in [0.1, 0.15) is 0 Å². The summed E-state index contributed by atoms with van der Waals surface area (Å²) < 4.78 is 0.963. The van der Waals surface area contributed by atoms with E-state index in [1.165, 1.54) is 30.6 Å². The normalized spacial score (nSPS) is 22.2. The molecule has 5 heteroatoms. The lowest BCUT2D eigenvalue weighted by molar-refractivity contribution is 0.0947. The largest absolute Gasteiger partial charge is 0.375 e. The first kappa shape index (κ1) is 13.4. The number of amides is 1. The van der Waals surface area contributed by atoms with E-state index in [0.29, 0.717) is 16.6 Å². The Kier molecular flexibility index (Phi) is 3.61. The molecule has 1 aromatic carbocycles. The van der Waals surface area contributed by atoms with Gasteiger partial charge in [0.15, 0.2) is 5.13 Å². The summed E-state index contributed by atoms with van der Waals surface area (Å²) in [5, 5.41) is 3.59. The van der Waals surface area contributed by atoms with Gasteiger partial charge in [-0.25, -0.2) is 4.98 Å². The van der Waals surface area contributed by atoms with Gasteiger partial charge in [-0.2, -0.15) is 0 Å². The van der Waals surface area contributed by atoms with Gasteiger partial charge in [0.05, 0.1) is 10.2 Å². The zero-order chi connectivity index (χ0) is 14.1. The van der Waals surface area contributed by atoms with Crippen LogP contribution in [0.4, 0.5) is 5.13 Å². The summed E-state index contributed by atoms with van der Waals surface area (Å²) in [6, 6.07) is 5.54. The summed E-state index contributed by atoms with van der Waals surface area (Å²) in [6.07, 6.45) is 3.74. The topological polar surface area (TPSA) is 68.0 Å². The zero-order valence-electron chi connectivity index (χ0n) is 11.6. The van der Waals surface area contributed by atoms with Gasteiger partial charge in [-0.3, -0.25) is 4.79 Å². The molecular formula is C15H19N3OS. The number of carbonyl (C=O) groups excluding carboxylic acids is 1. The average Bonchev–Trinajstić information content (AvgIpc) is 2.99. The van der Waals surface area contributed by atoms with Crippen molar-refractivity contribution in [3.05, 3.63) is 23.8 Å². The second-order valence-corrected chi connectivity index (χ2v) is 6.79. The Morgan fingerprint density at radius 2 is 2.35 bits per heavy atom. The monoisotopic (exact) mass is 289 g/mol. The highest BCUT2D eigenvalue weighted by molar-refractivity contribution is 7.22. The molecule has 0 radical (unpaired) electrons. The van der Waals surface area contributed by atoms with Crippen LogP contribution in [0.5, 0.6) is 0 Å². The van der Waals surface area contributed by atoms with Crippen molar-refractivity contribution in [2.45, 2.75) is 26.2 Å². The first-order valence-corrected chi connectivity index (χ1v) is 7.87. The van der Waals surface area contributed by atoms with E-state index in [9.17, 15) is 4.79 Å². The summed E-state index contributed by atoms with van der Waals surface area (Å²) in [5.74, 6) is 1.43. The van der Waals surface area contributed by atoms with Crippen molar-refractivity contribution in [2.24, 2.45) is 11.8 Å². The number of nitrogens with one attached hydrogen (secondary N) is 1. The molecular weight excluding hydrogens is 270 g/mol. The van der Waals surface area contributed by atoms with E-state index in [4.69, 9.17) is 5.73 Å². The Morgan fingerprint density at radius 3 is 3.10 bits per heavy atom. The zero-order valence-corrected chi connectivity index (χ0v) is 12.4. The number of fused-ring (bicyclic) bond motifs is 1. The van der Waals surface area contributed by atoms with Crippen molar-refractivity contribution in [2.75, 3.05) is 12.3 Å². The number of nitrogens with two attached hydrogens (primary N) is 1. The number of hydrogen-bond donors (Lipinski definition) is 2. The molecule has 1 aliphatic carbocycles. The molecule has 1 amide bonds. The Balaban J connectivity index is 1.65. The number of hydrogen-bond acceptors (Lipinski definition) is 4. The Bertz CT molecular complexity index is 637. The van der Waals surface area contributed by atoms with Crippen LogP contribution < -0.4 is 11.1 Å². The summed E-state index contributed by atoms with van der Waals surface area (Å²) in [4.78, 5) is 16.4. The first-order valence-electron chi connectivity index (χ1n) is 7.06.